The Morgan fingerprint density at radius 3 is 2.21 bits per heavy atom. The van der Waals surface area contributed by atoms with E-state index < -0.39 is 0 Å². The molecule has 0 radical (unpaired) electrons. The van der Waals surface area contributed by atoms with Crippen LogP contribution in [0.4, 0.5) is 0 Å². The molecular weight excluding hydrogens is 180 g/mol. The van der Waals surface area contributed by atoms with Crippen LogP contribution in [0.1, 0.15) is 26.7 Å². The standard InChI is InChI=1S/C11H22O3/c1-5-14-10-7-8(2)6-9(12-3)11(10)13-4/h8-11H,5-7H2,1-4H3. The molecule has 1 aliphatic rings. The van der Waals surface area contributed by atoms with Gasteiger partial charge in [0.05, 0.1) is 12.2 Å². The molecule has 0 heterocycles. The first-order valence-electron chi connectivity index (χ1n) is 5.40. The van der Waals surface area contributed by atoms with Crippen molar-refractivity contribution in [3.8, 4) is 0 Å². The number of ether oxygens (including phenoxy) is 3. The van der Waals surface area contributed by atoms with E-state index in [2.05, 4.69) is 6.92 Å². The molecular formula is C11H22O3. The molecule has 0 aromatic rings. The van der Waals surface area contributed by atoms with Crippen LogP contribution in [0, 0.1) is 5.92 Å². The third kappa shape index (κ3) is 2.69. The van der Waals surface area contributed by atoms with Gasteiger partial charge in [-0.05, 0) is 25.7 Å². The van der Waals surface area contributed by atoms with E-state index in [1.54, 1.807) is 14.2 Å². The molecule has 4 atom stereocenters. The van der Waals surface area contributed by atoms with Gasteiger partial charge in [0.1, 0.15) is 6.10 Å². The van der Waals surface area contributed by atoms with Crippen molar-refractivity contribution in [3.05, 3.63) is 0 Å². The van der Waals surface area contributed by atoms with Crippen LogP contribution in [0.15, 0.2) is 0 Å². The van der Waals surface area contributed by atoms with Gasteiger partial charge in [0.15, 0.2) is 0 Å². The summed E-state index contributed by atoms with van der Waals surface area (Å²) in [6, 6.07) is 0. The molecule has 0 saturated heterocycles. The Balaban J connectivity index is 2.60. The van der Waals surface area contributed by atoms with Crippen molar-refractivity contribution < 1.29 is 14.2 Å². The van der Waals surface area contributed by atoms with E-state index >= 15 is 0 Å². The van der Waals surface area contributed by atoms with Crippen molar-refractivity contribution in [3.63, 3.8) is 0 Å². The number of hydrogen-bond donors (Lipinski definition) is 0. The third-order valence-electron chi connectivity index (χ3n) is 2.96. The van der Waals surface area contributed by atoms with Gasteiger partial charge in [-0.15, -0.1) is 0 Å². The first-order chi connectivity index (χ1) is 6.72. The van der Waals surface area contributed by atoms with E-state index in [4.69, 9.17) is 14.2 Å². The predicted molar refractivity (Wildman–Crippen MR) is 55.4 cm³/mol. The molecule has 3 heteroatoms. The minimum Gasteiger partial charge on any atom is -0.379 e. The average molecular weight is 202 g/mol. The largest absolute Gasteiger partial charge is 0.379 e. The molecule has 0 aromatic carbocycles. The van der Waals surface area contributed by atoms with E-state index in [1.807, 2.05) is 6.92 Å². The lowest BCUT2D eigenvalue weighted by Crippen LogP contribution is -2.47. The quantitative estimate of drug-likeness (QED) is 0.696. The molecule has 84 valence electrons. The zero-order valence-corrected chi connectivity index (χ0v) is 9.66. The zero-order valence-electron chi connectivity index (χ0n) is 9.66. The summed E-state index contributed by atoms with van der Waals surface area (Å²) < 4.78 is 16.6. The summed E-state index contributed by atoms with van der Waals surface area (Å²) >= 11 is 0. The van der Waals surface area contributed by atoms with Crippen molar-refractivity contribution in [2.24, 2.45) is 5.92 Å². The first-order valence-corrected chi connectivity index (χ1v) is 5.40. The zero-order chi connectivity index (χ0) is 10.6. The summed E-state index contributed by atoms with van der Waals surface area (Å²) in [6.07, 6.45) is 2.61. The maximum Gasteiger partial charge on any atom is 0.109 e. The summed E-state index contributed by atoms with van der Waals surface area (Å²) in [7, 11) is 3.48. The van der Waals surface area contributed by atoms with Crippen molar-refractivity contribution in [2.45, 2.75) is 45.0 Å². The lowest BCUT2D eigenvalue weighted by atomic mass is 9.84. The summed E-state index contributed by atoms with van der Waals surface area (Å²) in [5.41, 5.74) is 0. The van der Waals surface area contributed by atoms with Crippen LogP contribution in [-0.4, -0.2) is 39.1 Å². The van der Waals surface area contributed by atoms with Crippen molar-refractivity contribution in [2.75, 3.05) is 20.8 Å². The van der Waals surface area contributed by atoms with Crippen molar-refractivity contribution in [1.29, 1.82) is 0 Å². The van der Waals surface area contributed by atoms with Gasteiger partial charge >= 0.3 is 0 Å². The second-order valence-corrected chi connectivity index (χ2v) is 4.04. The van der Waals surface area contributed by atoms with E-state index in [-0.39, 0.29) is 18.3 Å². The van der Waals surface area contributed by atoms with Crippen LogP contribution in [0.2, 0.25) is 0 Å². The molecule has 1 rings (SSSR count). The van der Waals surface area contributed by atoms with Gasteiger partial charge in [-0.1, -0.05) is 6.92 Å². The molecule has 1 saturated carbocycles. The molecule has 4 unspecified atom stereocenters. The molecule has 0 amide bonds. The summed E-state index contributed by atoms with van der Waals surface area (Å²) in [5.74, 6) is 0.655. The fourth-order valence-electron chi connectivity index (χ4n) is 2.31. The minimum absolute atomic E-state index is 0.0937. The molecule has 0 spiro atoms. The van der Waals surface area contributed by atoms with Gasteiger partial charge in [-0.3, -0.25) is 0 Å². The van der Waals surface area contributed by atoms with E-state index in [0.29, 0.717) is 5.92 Å². The fraction of sp³-hybridized carbons (Fsp3) is 1.00. The summed E-state index contributed by atoms with van der Waals surface area (Å²) in [5, 5.41) is 0. The molecule has 14 heavy (non-hydrogen) atoms. The monoisotopic (exact) mass is 202 g/mol. The SMILES string of the molecule is CCOC1CC(C)CC(OC)C1OC. The van der Waals surface area contributed by atoms with Crippen molar-refractivity contribution in [1.82, 2.24) is 0 Å². The third-order valence-corrected chi connectivity index (χ3v) is 2.96. The Morgan fingerprint density at radius 1 is 1.07 bits per heavy atom. The Hall–Kier alpha value is -0.120. The van der Waals surface area contributed by atoms with Crippen LogP contribution in [0.5, 0.6) is 0 Å². The van der Waals surface area contributed by atoms with Crippen LogP contribution < -0.4 is 0 Å². The van der Waals surface area contributed by atoms with Crippen LogP contribution in [0.25, 0.3) is 0 Å². The van der Waals surface area contributed by atoms with E-state index in [0.717, 1.165) is 19.4 Å². The van der Waals surface area contributed by atoms with Gasteiger partial charge in [0, 0.05) is 20.8 Å². The summed E-state index contributed by atoms with van der Waals surface area (Å²) in [4.78, 5) is 0. The molecule has 0 bridgehead atoms. The van der Waals surface area contributed by atoms with Gasteiger partial charge in [-0.25, -0.2) is 0 Å². The molecule has 3 nitrogen and oxygen atoms in total. The lowest BCUT2D eigenvalue weighted by Gasteiger charge is -2.38. The highest BCUT2D eigenvalue weighted by molar-refractivity contribution is 4.87. The molecule has 1 aliphatic carbocycles. The summed E-state index contributed by atoms with van der Waals surface area (Å²) in [6.45, 7) is 5.01. The number of rotatable bonds is 4. The average Bonchev–Trinajstić information content (AvgIpc) is 2.17. The minimum atomic E-state index is 0.0937. The smallest absolute Gasteiger partial charge is 0.109 e. The highest BCUT2D eigenvalue weighted by Gasteiger charge is 2.37. The highest BCUT2D eigenvalue weighted by atomic mass is 16.6. The van der Waals surface area contributed by atoms with Gasteiger partial charge in [-0.2, -0.15) is 0 Å². The number of hydrogen-bond acceptors (Lipinski definition) is 3. The predicted octanol–water partition coefficient (Wildman–Crippen LogP) is 1.85. The fourth-order valence-corrected chi connectivity index (χ4v) is 2.31. The maximum absolute atomic E-state index is 5.68. The number of methoxy groups -OCH3 is 2. The molecule has 0 aromatic heterocycles. The molecule has 0 N–H and O–H groups in total. The Labute approximate surface area is 86.7 Å². The van der Waals surface area contributed by atoms with Crippen molar-refractivity contribution >= 4 is 0 Å². The Bertz CT molecular complexity index is 161. The van der Waals surface area contributed by atoms with E-state index in [9.17, 15) is 0 Å². The normalized spacial score (nSPS) is 38.6. The topological polar surface area (TPSA) is 27.7 Å². The van der Waals surface area contributed by atoms with Crippen LogP contribution in [0.3, 0.4) is 0 Å². The Kier molecular flexibility index (Phi) is 4.85. The van der Waals surface area contributed by atoms with Gasteiger partial charge < -0.3 is 14.2 Å². The van der Waals surface area contributed by atoms with E-state index in [1.165, 1.54) is 0 Å². The maximum atomic E-state index is 5.68. The second-order valence-electron chi connectivity index (χ2n) is 4.04. The highest BCUT2D eigenvalue weighted by Crippen LogP contribution is 2.29. The molecule has 0 aliphatic heterocycles. The molecule has 1 fully saturated rings. The van der Waals surface area contributed by atoms with Crippen LogP contribution in [-0.2, 0) is 14.2 Å². The van der Waals surface area contributed by atoms with Gasteiger partial charge in [0.25, 0.3) is 0 Å². The van der Waals surface area contributed by atoms with Gasteiger partial charge in [0.2, 0.25) is 0 Å². The van der Waals surface area contributed by atoms with Crippen LogP contribution >= 0.6 is 0 Å². The second kappa shape index (κ2) is 5.69. The Morgan fingerprint density at radius 2 is 1.71 bits per heavy atom. The lowest BCUT2D eigenvalue weighted by molar-refractivity contribution is -0.146. The first kappa shape index (κ1) is 12.0.